The highest BCUT2D eigenvalue weighted by molar-refractivity contribution is 14.0. The molecule has 0 amide bonds. The minimum absolute atomic E-state index is 0. The molecule has 0 bridgehead atoms. The van der Waals surface area contributed by atoms with E-state index in [1.54, 1.807) is 31.1 Å². The van der Waals surface area contributed by atoms with Crippen LogP contribution in [0.4, 0.5) is 4.39 Å². The summed E-state index contributed by atoms with van der Waals surface area (Å²) in [5, 5.41) is 3.04. The standard InChI is InChI=1S/C17H29FN4O3S.HI/c1-6-22(7-2)26(23,24)11-10-20-17(19-3)21(4)13-14-8-9-16(25-5)15(18)12-14;/h8-9,12H,6-7,10-11,13H2,1-5H3,(H,19,20);1H. The molecule has 0 aliphatic heterocycles. The molecule has 1 aromatic carbocycles. The van der Waals surface area contributed by atoms with Crippen molar-refractivity contribution in [1.82, 2.24) is 14.5 Å². The summed E-state index contributed by atoms with van der Waals surface area (Å²) in [5.41, 5.74) is 0.754. The lowest BCUT2D eigenvalue weighted by atomic mass is 10.2. The van der Waals surface area contributed by atoms with Crippen LogP contribution in [0, 0.1) is 5.82 Å². The van der Waals surface area contributed by atoms with E-state index in [1.165, 1.54) is 17.5 Å². The summed E-state index contributed by atoms with van der Waals surface area (Å²) in [4.78, 5) is 5.95. The number of hydrogen-bond donors (Lipinski definition) is 1. The number of guanidine groups is 1. The number of rotatable bonds is 9. The van der Waals surface area contributed by atoms with Gasteiger partial charge < -0.3 is 15.0 Å². The fourth-order valence-electron chi connectivity index (χ4n) is 2.58. The molecular formula is C17H30FIN4O3S. The van der Waals surface area contributed by atoms with Crippen LogP contribution in [-0.4, -0.2) is 70.2 Å². The molecule has 0 radical (unpaired) electrons. The van der Waals surface area contributed by atoms with Crippen molar-refractivity contribution in [2.45, 2.75) is 20.4 Å². The summed E-state index contributed by atoms with van der Waals surface area (Å²) < 4.78 is 44.5. The van der Waals surface area contributed by atoms with Crippen molar-refractivity contribution >= 4 is 40.0 Å². The lowest BCUT2D eigenvalue weighted by molar-refractivity contribution is 0.385. The van der Waals surface area contributed by atoms with E-state index in [0.717, 1.165) is 5.56 Å². The molecule has 0 aliphatic carbocycles. The maximum Gasteiger partial charge on any atom is 0.215 e. The molecule has 27 heavy (non-hydrogen) atoms. The first-order valence-electron chi connectivity index (χ1n) is 8.51. The van der Waals surface area contributed by atoms with Crippen molar-refractivity contribution < 1.29 is 17.5 Å². The Balaban J connectivity index is 0.00000676. The Bertz CT molecular complexity index is 712. The van der Waals surface area contributed by atoms with Crippen molar-refractivity contribution in [2.24, 2.45) is 4.99 Å². The first kappa shape index (κ1) is 25.9. The smallest absolute Gasteiger partial charge is 0.215 e. The van der Waals surface area contributed by atoms with Crippen LogP contribution in [0.25, 0.3) is 0 Å². The average molecular weight is 516 g/mol. The number of aliphatic imine (C=N–C) groups is 1. The summed E-state index contributed by atoms with van der Waals surface area (Å²) in [7, 11) is 1.55. The SMILES string of the molecule is CCN(CC)S(=O)(=O)CCNC(=NC)N(C)Cc1ccc(OC)c(F)c1.I. The first-order valence-corrected chi connectivity index (χ1v) is 10.1. The van der Waals surface area contributed by atoms with Gasteiger partial charge in [0.2, 0.25) is 10.0 Å². The zero-order valence-electron chi connectivity index (χ0n) is 16.5. The Hall–Kier alpha value is -1.14. The van der Waals surface area contributed by atoms with Gasteiger partial charge in [0.25, 0.3) is 0 Å². The van der Waals surface area contributed by atoms with Crippen LogP contribution in [0.1, 0.15) is 19.4 Å². The second kappa shape index (κ2) is 12.3. The molecular weight excluding hydrogens is 486 g/mol. The molecule has 0 saturated heterocycles. The van der Waals surface area contributed by atoms with Crippen LogP contribution >= 0.6 is 24.0 Å². The van der Waals surface area contributed by atoms with Gasteiger partial charge in [-0.15, -0.1) is 24.0 Å². The van der Waals surface area contributed by atoms with Gasteiger partial charge in [-0.05, 0) is 17.7 Å². The summed E-state index contributed by atoms with van der Waals surface area (Å²) in [6, 6.07) is 4.76. The minimum atomic E-state index is -3.29. The van der Waals surface area contributed by atoms with Crippen molar-refractivity contribution in [3.63, 3.8) is 0 Å². The number of sulfonamides is 1. The van der Waals surface area contributed by atoms with E-state index in [2.05, 4.69) is 10.3 Å². The van der Waals surface area contributed by atoms with Gasteiger partial charge in [0.05, 0.1) is 12.9 Å². The number of nitrogens with one attached hydrogen (secondary N) is 1. The number of hydrogen-bond acceptors (Lipinski definition) is 4. The maximum atomic E-state index is 13.8. The zero-order valence-corrected chi connectivity index (χ0v) is 19.7. The number of nitrogens with zero attached hydrogens (tertiary/aromatic N) is 3. The van der Waals surface area contributed by atoms with E-state index in [1.807, 2.05) is 13.8 Å². The lowest BCUT2D eigenvalue weighted by Gasteiger charge is -2.23. The molecule has 0 aromatic heterocycles. The highest BCUT2D eigenvalue weighted by Gasteiger charge is 2.18. The fraction of sp³-hybridized carbons (Fsp3) is 0.588. The van der Waals surface area contributed by atoms with E-state index >= 15 is 0 Å². The van der Waals surface area contributed by atoms with Gasteiger partial charge in [-0.1, -0.05) is 19.9 Å². The fourth-order valence-corrected chi connectivity index (χ4v) is 3.98. The molecule has 0 saturated carbocycles. The van der Waals surface area contributed by atoms with Gasteiger partial charge >= 0.3 is 0 Å². The van der Waals surface area contributed by atoms with Crippen molar-refractivity contribution in [3.8, 4) is 5.75 Å². The maximum absolute atomic E-state index is 13.8. The third-order valence-electron chi connectivity index (χ3n) is 3.95. The molecule has 7 nitrogen and oxygen atoms in total. The van der Waals surface area contributed by atoms with E-state index in [-0.39, 0.29) is 42.0 Å². The molecule has 1 rings (SSSR count). The largest absolute Gasteiger partial charge is 0.494 e. The second-order valence-electron chi connectivity index (χ2n) is 5.70. The molecule has 156 valence electrons. The van der Waals surface area contributed by atoms with Gasteiger partial charge in [0.15, 0.2) is 17.5 Å². The topological polar surface area (TPSA) is 74.2 Å². The van der Waals surface area contributed by atoms with Gasteiger partial charge in [-0.25, -0.2) is 17.1 Å². The Morgan fingerprint density at radius 2 is 1.93 bits per heavy atom. The van der Waals surface area contributed by atoms with Gasteiger partial charge in [-0.2, -0.15) is 0 Å². The molecule has 0 atom stereocenters. The third-order valence-corrected chi connectivity index (χ3v) is 5.97. The minimum Gasteiger partial charge on any atom is -0.494 e. The quantitative estimate of drug-likeness (QED) is 0.310. The van der Waals surface area contributed by atoms with Crippen LogP contribution in [-0.2, 0) is 16.6 Å². The van der Waals surface area contributed by atoms with Gasteiger partial charge in [0.1, 0.15) is 0 Å². The summed E-state index contributed by atoms with van der Waals surface area (Å²) >= 11 is 0. The van der Waals surface area contributed by atoms with Crippen molar-refractivity contribution in [1.29, 1.82) is 0 Å². The zero-order chi connectivity index (χ0) is 19.7. The van der Waals surface area contributed by atoms with Crippen LogP contribution in [0.2, 0.25) is 0 Å². The second-order valence-corrected chi connectivity index (χ2v) is 7.79. The van der Waals surface area contributed by atoms with Crippen LogP contribution in [0.3, 0.4) is 0 Å². The van der Waals surface area contributed by atoms with Gasteiger partial charge in [0, 0.05) is 40.3 Å². The molecule has 1 aromatic rings. The molecule has 0 fully saturated rings. The molecule has 1 N–H and O–H groups in total. The van der Waals surface area contributed by atoms with E-state index < -0.39 is 15.8 Å². The highest BCUT2D eigenvalue weighted by atomic mass is 127. The number of methoxy groups -OCH3 is 1. The van der Waals surface area contributed by atoms with Crippen LogP contribution in [0.5, 0.6) is 5.75 Å². The Morgan fingerprint density at radius 1 is 1.30 bits per heavy atom. The van der Waals surface area contributed by atoms with E-state index in [4.69, 9.17) is 4.74 Å². The summed E-state index contributed by atoms with van der Waals surface area (Å²) in [5.74, 6) is 0.293. The number of ether oxygens (including phenoxy) is 1. The lowest BCUT2D eigenvalue weighted by Crippen LogP contribution is -2.42. The molecule has 0 aliphatic rings. The first-order chi connectivity index (χ1) is 12.3. The Morgan fingerprint density at radius 3 is 2.41 bits per heavy atom. The average Bonchev–Trinajstić information content (AvgIpc) is 2.59. The highest BCUT2D eigenvalue weighted by Crippen LogP contribution is 2.18. The van der Waals surface area contributed by atoms with Crippen molar-refractivity contribution in [3.05, 3.63) is 29.6 Å². The third kappa shape index (κ3) is 7.78. The van der Waals surface area contributed by atoms with Gasteiger partial charge in [-0.3, -0.25) is 4.99 Å². The predicted octanol–water partition coefficient (Wildman–Crippen LogP) is 2.13. The summed E-state index contributed by atoms with van der Waals surface area (Å²) in [6.07, 6.45) is 0. The monoisotopic (exact) mass is 516 g/mol. The Labute approximate surface area is 179 Å². The molecule has 0 heterocycles. The van der Waals surface area contributed by atoms with Crippen LogP contribution < -0.4 is 10.1 Å². The number of benzene rings is 1. The van der Waals surface area contributed by atoms with E-state index in [9.17, 15) is 12.8 Å². The Kier molecular flexibility index (Phi) is 11.8. The van der Waals surface area contributed by atoms with E-state index in [0.29, 0.717) is 25.6 Å². The predicted molar refractivity (Wildman–Crippen MR) is 118 cm³/mol. The molecule has 0 spiro atoms. The molecule has 0 unspecified atom stereocenters. The van der Waals surface area contributed by atoms with Crippen LogP contribution in [0.15, 0.2) is 23.2 Å². The molecule has 10 heteroatoms. The normalized spacial score (nSPS) is 11.9. The number of halogens is 2. The summed E-state index contributed by atoms with van der Waals surface area (Å²) in [6.45, 7) is 5.20. The van der Waals surface area contributed by atoms with Crippen molar-refractivity contribution in [2.75, 3.05) is 46.6 Å².